The molecule has 5 heterocycles. The Labute approximate surface area is 183 Å². The fraction of sp³-hybridized carbons (Fsp3) is 0.381. The van der Waals surface area contributed by atoms with Gasteiger partial charge in [0.2, 0.25) is 11.8 Å². The quantitative estimate of drug-likeness (QED) is 0.647. The van der Waals surface area contributed by atoms with E-state index < -0.39 is 35.4 Å². The average Bonchev–Trinajstić information content (AvgIpc) is 2.71. The molecule has 3 atom stereocenters. The third-order valence-electron chi connectivity index (χ3n) is 6.16. The largest absolute Gasteiger partial charge is 0.372 e. The van der Waals surface area contributed by atoms with Gasteiger partial charge < -0.3 is 9.64 Å². The van der Waals surface area contributed by atoms with Crippen LogP contribution in [0.25, 0.3) is 11.3 Å². The van der Waals surface area contributed by atoms with Crippen LogP contribution in [-0.2, 0) is 20.7 Å². The molecule has 1 spiro atoms. The van der Waals surface area contributed by atoms with E-state index in [2.05, 4.69) is 20.6 Å². The molecule has 2 N–H and O–H groups in total. The molecule has 0 radical (unpaired) electrons. The maximum Gasteiger partial charge on any atom is 0.328 e. The molecular weight excluding hydrogens is 422 g/mol. The molecule has 0 bridgehead atoms. The summed E-state index contributed by atoms with van der Waals surface area (Å²) in [6, 6.07) is 3.99. The van der Waals surface area contributed by atoms with Crippen LogP contribution in [0.1, 0.15) is 19.4 Å². The summed E-state index contributed by atoms with van der Waals surface area (Å²) >= 11 is 5.95. The predicted molar refractivity (Wildman–Crippen MR) is 111 cm³/mol. The van der Waals surface area contributed by atoms with Crippen LogP contribution in [0.15, 0.2) is 30.6 Å². The molecule has 9 nitrogen and oxygen atoms in total. The zero-order valence-electron chi connectivity index (χ0n) is 16.9. The van der Waals surface area contributed by atoms with Gasteiger partial charge in [0.05, 0.1) is 29.0 Å². The number of hydrogen-bond donors (Lipinski definition) is 2. The van der Waals surface area contributed by atoms with Crippen molar-refractivity contribution in [3.63, 3.8) is 0 Å². The monoisotopic (exact) mass is 441 g/mol. The number of halogens is 1. The van der Waals surface area contributed by atoms with Gasteiger partial charge in [0.15, 0.2) is 5.41 Å². The number of pyridine rings is 2. The molecule has 2 saturated heterocycles. The first-order chi connectivity index (χ1) is 14.8. The maximum atomic E-state index is 13.2. The molecule has 3 aliphatic rings. The number of aromatic nitrogens is 2. The van der Waals surface area contributed by atoms with Crippen LogP contribution < -0.4 is 15.5 Å². The summed E-state index contributed by atoms with van der Waals surface area (Å²) in [7, 11) is 0. The number of morpholine rings is 1. The van der Waals surface area contributed by atoms with Crippen molar-refractivity contribution in [1.29, 1.82) is 0 Å². The van der Waals surface area contributed by atoms with Gasteiger partial charge in [-0.15, -0.1) is 0 Å². The van der Waals surface area contributed by atoms with Crippen molar-refractivity contribution in [2.75, 3.05) is 11.4 Å². The number of nitrogens with one attached hydrogen (secondary N) is 2. The summed E-state index contributed by atoms with van der Waals surface area (Å²) in [6.45, 7) is 4.23. The summed E-state index contributed by atoms with van der Waals surface area (Å²) in [6.07, 6.45) is 2.81. The lowest BCUT2D eigenvalue weighted by Gasteiger charge is -2.54. The molecule has 0 aromatic carbocycles. The lowest BCUT2D eigenvalue weighted by Crippen LogP contribution is -2.75. The van der Waals surface area contributed by atoms with E-state index in [1.165, 1.54) is 0 Å². The zero-order chi connectivity index (χ0) is 21.9. The fourth-order valence-electron chi connectivity index (χ4n) is 4.99. The second-order valence-electron chi connectivity index (χ2n) is 8.20. The van der Waals surface area contributed by atoms with Gasteiger partial charge in [-0.2, -0.15) is 0 Å². The highest BCUT2D eigenvalue weighted by molar-refractivity contribution is 6.30. The second kappa shape index (κ2) is 7.00. The minimum absolute atomic E-state index is 0.0883. The van der Waals surface area contributed by atoms with Gasteiger partial charge in [-0.3, -0.25) is 25.2 Å². The highest BCUT2D eigenvalue weighted by atomic mass is 35.5. The van der Waals surface area contributed by atoms with E-state index in [-0.39, 0.29) is 12.5 Å². The van der Waals surface area contributed by atoms with Crippen molar-refractivity contribution in [3.8, 4) is 11.3 Å². The summed E-state index contributed by atoms with van der Waals surface area (Å²) in [5.41, 5.74) is 0.624. The first-order valence-corrected chi connectivity index (χ1v) is 10.4. The van der Waals surface area contributed by atoms with Crippen LogP contribution in [0.3, 0.4) is 0 Å². The topological polar surface area (TPSA) is 114 Å². The van der Waals surface area contributed by atoms with Crippen LogP contribution in [0.4, 0.5) is 10.6 Å². The smallest absolute Gasteiger partial charge is 0.328 e. The number of carbonyl (C=O) groups excluding carboxylic acids is 3. The Hall–Kier alpha value is -3.04. The van der Waals surface area contributed by atoms with Crippen molar-refractivity contribution in [3.05, 3.63) is 41.2 Å². The van der Waals surface area contributed by atoms with E-state index in [0.29, 0.717) is 23.1 Å². The minimum atomic E-state index is -1.52. The van der Waals surface area contributed by atoms with E-state index >= 15 is 0 Å². The van der Waals surface area contributed by atoms with Crippen LogP contribution in [0, 0.1) is 5.41 Å². The van der Waals surface area contributed by atoms with Crippen molar-refractivity contribution in [2.24, 2.45) is 5.41 Å². The number of rotatable bonds is 1. The molecule has 3 aliphatic heterocycles. The molecule has 31 heavy (non-hydrogen) atoms. The molecule has 160 valence electrons. The Morgan fingerprint density at radius 3 is 2.55 bits per heavy atom. The molecule has 2 aromatic rings. The number of anilines is 1. The Morgan fingerprint density at radius 2 is 1.87 bits per heavy atom. The van der Waals surface area contributed by atoms with Crippen molar-refractivity contribution in [2.45, 2.75) is 38.5 Å². The van der Waals surface area contributed by atoms with Gasteiger partial charge in [0.1, 0.15) is 5.82 Å². The number of carbonyl (C=O) groups is 3. The molecule has 0 saturated carbocycles. The molecule has 10 heteroatoms. The third-order valence-corrected chi connectivity index (χ3v) is 6.38. The normalized spacial score (nSPS) is 26.7. The minimum Gasteiger partial charge on any atom is -0.372 e. The summed E-state index contributed by atoms with van der Waals surface area (Å²) in [5.74, 6) is -0.545. The third kappa shape index (κ3) is 2.99. The molecule has 0 aliphatic carbocycles. The van der Waals surface area contributed by atoms with Crippen molar-refractivity contribution in [1.82, 2.24) is 20.6 Å². The number of fused-ring (bicyclic) bond motifs is 4. The standard InChI is InChI=1S/C21H20ClN5O4/c1-10-9-27-16(11(2)31-10)21(18(28)25-20(30)26-19(21)29)6-12-5-13(7-24-17(12)27)15-4-3-14(22)8-23-15/h3-5,7-8,10-11,16H,6,9H2,1-2H3,(H2,25,26,28,29,30)/t10-,11+,16-/m1/s1. The Bertz CT molecular complexity index is 1090. The van der Waals surface area contributed by atoms with Gasteiger partial charge in [-0.1, -0.05) is 11.6 Å². The Morgan fingerprint density at radius 1 is 1.13 bits per heavy atom. The Balaban J connectivity index is 1.66. The lowest BCUT2D eigenvalue weighted by molar-refractivity contribution is -0.153. The predicted octanol–water partition coefficient (Wildman–Crippen LogP) is 1.69. The fourth-order valence-corrected chi connectivity index (χ4v) is 5.10. The Kier molecular flexibility index (Phi) is 4.49. The van der Waals surface area contributed by atoms with Crippen molar-refractivity contribution >= 4 is 35.3 Å². The van der Waals surface area contributed by atoms with Crippen LogP contribution in [0.5, 0.6) is 0 Å². The molecule has 4 amide bonds. The highest BCUT2D eigenvalue weighted by Gasteiger charge is 2.63. The van der Waals surface area contributed by atoms with Gasteiger partial charge in [0.25, 0.3) is 0 Å². The highest BCUT2D eigenvalue weighted by Crippen LogP contribution is 2.46. The second-order valence-corrected chi connectivity index (χ2v) is 8.64. The van der Waals surface area contributed by atoms with Crippen LogP contribution in [0.2, 0.25) is 5.02 Å². The molecule has 5 rings (SSSR count). The molecule has 0 unspecified atom stereocenters. The lowest BCUT2D eigenvalue weighted by atomic mass is 9.67. The van der Waals surface area contributed by atoms with Crippen molar-refractivity contribution < 1.29 is 19.1 Å². The van der Waals surface area contributed by atoms with E-state index in [9.17, 15) is 14.4 Å². The van der Waals surface area contributed by atoms with E-state index in [1.807, 2.05) is 24.8 Å². The average molecular weight is 442 g/mol. The number of amides is 4. The molecular formula is C21H20ClN5O4. The number of hydrogen-bond acceptors (Lipinski definition) is 7. The van der Waals surface area contributed by atoms with Gasteiger partial charge in [-0.25, -0.2) is 9.78 Å². The van der Waals surface area contributed by atoms with E-state index in [1.54, 1.807) is 24.5 Å². The number of barbiturate groups is 1. The summed E-state index contributed by atoms with van der Waals surface area (Å²) < 4.78 is 5.99. The van der Waals surface area contributed by atoms with E-state index in [0.717, 1.165) is 11.1 Å². The molecule has 2 aromatic heterocycles. The number of ether oxygens (including phenoxy) is 1. The summed E-state index contributed by atoms with van der Waals surface area (Å²) in [5, 5.41) is 5.08. The summed E-state index contributed by atoms with van der Waals surface area (Å²) in [4.78, 5) is 49.1. The van der Waals surface area contributed by atoms with Gasteiger partial charge in [0, 0.05) is 30.9 Å². The van der Waals surface area contributed by atoms with Crippen LogP contribution >= 0.6 is 11.6 Å². The first-order valence-electron chi connectivity index (χ1n) is 9.99. The zero-order valence-corrected chi connectivity index (χ0v) is 17.6. The SMILES string of the molecule is C[C@@H]1CN2c3ncc(-c4ccc(Cl)cn4)cc3CC3(C(=O)NC(=O)NC3=O)[C@H]2[C@H](C)O1. The first kappa shape index (κ1) is 19.9. The van der Waals surface area contributed by atoms with E-state index in [4.69, 9.17) is 16.3 Å². The van der Waals surface area contributed by atoms with Gasteiger partial charge in [-0.05, 0) is 37.6 Å². The maximum absolute atomic E-state index is 13.2. The van der Waals surface area contributed by atoms with Gasteiger partial charge >= 0.3 is 6.03 Å². The number of urea groups is 1. The number of imide groups is 2. The number of nitrogens with zero attached hydrogens (tertiary/aromatic N) is 3. The molecule has 2 fully saturated rings. The van der Waals surface area contributed by atoms with Crippen LogP contribution in [-0.4, -0.2) is 52.6 Å².